The van der Waals surface area contributed by atoms with Gasteiger partial charge in [0, 0.05) is 33.9 Å². The van der Waals surface area contributed by atoms with E-state index >= 15 is 0 Å². The monoisotopic (exact) mass is 438 g/mol. The molecule has 1 aliphatic heterocycles. The van der Waals surface area contributed by atoms with Crippen molar-refractivity contribution in [1.82, 2.24) is 15.5 Å². The van der Waals surface area contributed by atoms with E-state index in [1.807, 2.05) is 7.05 Å². The molecule has 5 nitrogen and oxygen atoms in total. The predicted octanol–water partition coefficient (Wildman–Crippen LogP) is 2.46. The Morgan fingerprint density at radius 2 is 1.91 bits per heavy atom. The molecule has 1 saturated carbocycles. The van der Waals surface area contributed by atoms with Gasteiger partial charge >= 0.3 is 0 Å². The maximum Gasteiger partial charge on any atom is 0.190 e. The molecule has 0 atom stereocenters. The average Bonchev–Trinajstić information content (AvgIpc) is 3.01. The summed E-state index contributed by atoms with van der Waals surface area (Å²) in [7, 11) is 3.65. The van der Waals surface area contributed by atoms with Crippen LogP contribution >= 0.6 is 24.0 Å². The first kappa shape index (κ1) is 21.0. The number of halogens is 1. The van der Waals surface area contributed by atoms with E-state index in [1.165, 1.54) is 58.2 Å². The van der Waals surface area contributed by atoms with Crippen LogP contribution in [0.1, 0.15) is 44.9 Å². The number of hydrogen-bond donors (Lipinski definition) is 2. The number of nitrogens with zero attached hydrogens (tertiary/aromatic N) is 2. The molecule has 0 radical (unpaired) electrons. The molecule has 0 aromatic rings. The Labute approximate surface area is 159 Å². The van der Waals surface area contributed by atoms with E-state index in [1.54, 1.807) is 7.11 Å². The van der Waals surface area contributed by atoms with Gasteiger partial charge in [0.25, 0.3) is 0 Å². The predicted molar refractivity (Wildman–Crippen MR) is 108 cm³/mol. The fourth-order valence-corrected chi connectivity index (χ4v) is 3.52. The van der Waals surface area contributed by atoms with Gasteiger partial charge in [-0.15, -0.1) is 24.0 Å². The average molecular weight is 438 g/mol. The molecule has 2 N–H and O–H groups in total. The summed E-state index contributed by atoms with van der Waals surface area (Å²) in [5.74, 6) is 0.949. The molecule has 0 aromatic carbocycles. The van der Waals surface area contributed by atoms with Crippen LogP contribution in [0.5, 0.6) is 0 Å². The number of aliphatic imine (C=N–C) groups is 1. The number of hydrogen-bond acceptors (Lipinski definition) is 3. The van der Waals surface area contributed by atoms with Gasteiger partial charge in [0.05, 0.1) is 0 Å². The van der Waals surface area contributed by atoms with Crippen molar-refractivity contribution < 1.29 is 4.74 Å². The lowest BCUT2D eigenvalue weighted by Crippen LogP contribution is -2.47. The number of likely N-dealkylation sites (tertiary alicyclic amines) is 1. The smallest absolute Gasteiger partial charge is 0.190 e. The van der Waals surface area contributed by atoms with Gasteiger partial charge < -0.3 is 20.3 Å². The normalized spacial score (nSPS) is 20.7. The van der Waals surface area contributed by atoms with E-state index < -0.39 is 0 Å². The topological polar surface area (TPSA) is 48.9 Å². The largest absolute Gasteiger partial charge is 0.385 e. The van der Waals surface area contributed by atoms with E-state index in [2.05, 4.69) is 20.5 Å². The summed E-state index contributed by atoms with van der Waals surface area (Å²) >= 11 is 0. The summed E-state index contributed by atoms with van der Waals surface area (Å²) in [5, 5.41) is 6.97. The molecule has 0 aromatic heterocycles. The van der Waals surface area contributed by atoms with Crippen LogP contribution in [0.25, 0.3) is 0 Å². The molecule has 6 heteroatoms. The lowest BCUT2D eigenvalue weighted by molar-refractivity contribution is 0.0732. The molecule has 2 rings (SSSR count). The first-order chi connectivity index (χ1) is 10.8. The SMILES string of the molecule is CN=C(NCCCN1CCCC1)NCC1(CCOC)CCC1.I. The van der Waals surface area contributed by atoms with Crippen molar-refractivity contribution in [2.45, 2.75) is 44.9 Å². The van der Waals surface area contributed by atoms with Crippen LogP contribution in [0, 0.1) is 5.41 Å². The van der Waals surface area contributed by atoms with Crippen LogP contribution in [0.15, 0.2) is 4.99 Å². The minimum Gasteiger partial charge on any atom is -0.385 e. The minimum atomic E-state index is 0. The third-order valence-corrected chi connectivity index (χ3v) is 5.25. The van der Waals surface area contributed by atoms with Crippen molar-refractivity contribution in [2.75, 3.05) is 53.5 Å². The third kappa shape index (κ3) is 7.13. The van der Waals surface area contributed by atoms with Crippen LogP contribution in [0.3, 0.4) is 0 Å². The quantitative estimate of drug-likeness (QED) is 0.251. The Balaban J connectivity index is 0.00000264. The van der Waals surface area contributed by atoms with Gasteiger partial charge in [-0.1, -0.05) is 6.42 Å². The fraction of sp³-hybridized carbons (Fsp3) is 0.941. The van der Waals surface area contributed by atoms with E-state index in [9.17, 15) is 0 Å². The number of methoxy groups -OCH3 is 1. The third-order valence-electron chi connectivity index (χ3n) is 5.25. The van der Waals surface area contributed by atoms with Crippen LogP contribution in [0.2, 0.25) is 0 Å². The molecule has 0 bridgehead atoms. The molecule has 0 spiro atoms. The summed E-state index contributed by atoms with van der Waals surface area (Å²) in [5.41, 5.74) is 0.434. The summed E-state index contributed by atoms with van der Waals surface area (Å²) in [4.78, 5) is 6.91. The lowest BCUT2D eigenvalue weighted by Gasteiger charge is -2.42. The van der Waals surface area contributed by atoms with Crippen LogP contribution < -0.4 is 10.6 Å². The molecular formula is C17H35IN4O. The van der Waals surface area contributed by atoms with E-state index in [0.29, 0.717) is 5.41 Å². The van der Waals surface area contributed by atoms with E-state index in [-0.39, 0.29) is 24.0 Å². The molecule has 0 amide bonds. The van der Waals surface area contributed by atoms with E-state index in [4.69, 9.17) is 4.74 Å². The highest BCUT2D eigenvalue weighted by molar-refractivity contribution is 14.0. The first-order valence-electron chi connectivity index (χ1n) is 8.94. The van der Waals surface area contributed by atoms with Crippen molar-refractivity contribution in [2.24, 2.45) is 10.4 Å². The molecule has 2 fully saturated rings. The Morgan fingerprint density at radius 1 is 1.17 bits per heavy atom. The molecule has 0 unspecified atom stereocenters. The highest BCUT2D eigenvalue weighted by Gasteiger charge is 2.36. The molecular weight excluding hydrogens is 403 g/mol. The van der Waals surface area contributed by atoms with Crippen molar-refractivity contribution in [1.29, 1.82) is 0 Å². The lowest BCUT2D eigenvalue weighted by atomic mass is 9.67. The molecule has 136 valence electrons. The molecule has 1 aliphatic carbocycles. The number of nitrogens with one attached hydrogen (secondary N) is 2. The standard InChI is InChI=1S/C17H34N4O.HI/c1-18-16(19-10-6-13-21-11-3-4-12-21)20-15-17(7-5-8-17)9-14-22-2;/h3-15H2,1-2H3,(H2,18,19,20);1H. The summed E-state index contributed by atoms with van der Waals surface area (Å²) in [6, 6.07) is 0. The van der Waals surface area contributed by atoms with Gasteiger partial charge in [-0.05, 0) is 63.6 Å². The Hall–Kier alpha value is -0.0800. The second-order valence-electron chi connectivity index (χ2n) is 6.85. The van der Waals surface area contributed by atoms with Gasteiger partial charge in [0.1, 0.15) is 0 Å². The van der Waals surface area contributed by atoms with Crippen LogP contribution in [-0.4, -0.2) is 64.3 Å². The van der Waals surface area contributed by atoms with Crippen molar-refractivity contribution in [3.8, 4) is 0 Å². The van der Waals surface area contributed by atoms with Gasteiger partial charge in [0.2, 0.25) is 0 Å². The van der Waals surface area contributed by atoms with E-state index in [0.717, 1.165) is 32.1 Å². The number of guanidine groups is 1. The zero-order chi connectivity index (χ0) is 15.7. The number of ether oxygens (including phenoxy) is 1. The van der Waals surface area contributed by atoms with Crippen molar-refractivity contribution in [3.63, 3.8) is 0 Å². The second kappa shape index (κ2) is 11.5. The van der Waals surface area contributed by atoms with Crippen LogP contribution in [0.4, 0.5) is 0 Å². The zero-order valence-electron chi connectivity index (χ0n) is 14.9. The highest BCUT2D eigenvalue weighted by atomic mass is 127. The van der Waals surface area contributed by atoms with Gasteiger partial charge in [-0.25, -0.2) is 0 Å². The van der Waals surface area contributed by atoms with Gasteiger partial charge in [-0.2, -0.15) is 0 Å². The van der Waals surface area contributed by atoms with Gasteiger partial charge in [-0.3, -0.25) is 4.99 Å². The maximum absolute atomic E-state index is 5.26. The second-order valence-corrected chi connectivity index (χ2v) is 6.85. The highest BCUT2D eigenvalue weighted by Crippen LogP contribution is 2.43. The summed E-state index contributed by atoms with van der Waals surface area (Å²) < 4.78 is 5.26. The first-order valence-corrected chi connectivity index (χ1v) is 8.94. The molecule has 1 heterocycles. The van der Waals surface area contributed by atoms with Crippen LogP contribution in [-0.2, 0) is 4.74 Å². The zero-order valence-corrected chi connectivity index (χ0v) is 17.2. The summed E-state index contributed by atoms with van der Waals surface area (Å²) in [6.07, 6.45) is 9.08. The number of rotatable bonds is 9. The van der Waals surface area contributed by atoms with Crippen molar-refractivity contribution >= 4 is 29.9 Å². The Kier molecular flexibility index (Phi) is 10.5. The Morgan fingerprint density at radius 3 is 2.48 bits per heavy atom. The molecule has 2 aliphatic rings. The Bertz CT molecular complexity index is 341. The fourth-order valence-electron chi connectivity index (χ4n) is 3.52. The minimum absolute atomic E-state index is 0. The van der Waals surface area contributed by atoms with Crippen molar-refractivity contribution in [3.05, 3.63) is 0 Å². The summed E-state index contributed by atoms with van der Waals surface area (Å²) in [6.45, 7) is 6.67. The maximum atomic E-state index is 5.26. The molecule has 1 saturated heterocycles. The van der Waals surface area contributed by atoms with Gasteiger partial charge in [0.15, 0.2) is 5.96 Å². The molecule has 23 heavy (non-hydrogen) atoms.